The van der Waals surface area contributed by atoms with E-state index >= 15 is 0 Å². The largest absolute Gasteiger partial charge is 0.494 e. The van der Waals surface area contributed by atoms with Gasteiger partial charge in [0, 0.05) is 17.5 Å². The molecule has 5 rings (SSSR count). The van der Waals surface area contributed by atoms with Crippen molar-refractivity contribution in [2.75, 3.05) is 26.3 Å². The van der Waals surface area contributed by atoms with Crippen LogP contribution in [0.15, 0.2) is 23.3 Å². The fraction of sp³-hybridized carbons (Fsp3) is 0.611. The van der Waals surface area contributed by atoms with Crippen LogP contribution in [0.25, 0.3) is 0 Å². The van der Waals surface area contributed by atoms with Crippen molar-refractivity contribution in [2.45, 2.75) is 38.8 Å². The number of benzene rings is 1. The Morgan fingerprint density at radius 2 is 1.96 bits per heavy atom. The maximum absolute atomic E-state index is 5.91. The van der Waals surface area contributed by atoms with Gasteiger partial charge >= 0.3 is 0 Å². The van der Waals surface area contributed by atoms with Crippen LogP contribution in [0.3, 0.4) is 0 Å². The molecule has 5 heteroatoms. The first-order valence-electron chi connectivity index (χ1n) is 8.78. The first-order chi connectivity index (χ1) is 11.3. The Hall–Kier alpha value is -1.75. The van der Waals surface area contributed by atoms with Crippen molar-refractivity contribution in [3.63, 3.8) is 0 Å². The SMILES string of the molecule is CCOc1ccc(C2NN=C3C4CCN(CC4)C32)c(OCC)c1. The zero-order valence-corrected chi connectivity index (χ0v) is 13.9. The number of hydrogen-bond donors (Lipinski definition) is 1. The summed E-state index contributed by atoms with van der Waals surface area (Å²) in [6.45, 7) is 7.71. The number of hydrogen-bond acceptors (Lipinski definition) is 5. The summed E-state index contributed by atoms with van der Waals surface area (Å²) in [7, 11) is 0. The third kappa shape index (κ3) is 2.47. The van der Waals surface area contributed by atoms with E-state index in [1.165, 1.54) is 37.2 Å². The van der Waals surface area contributed by atoms with Gasteiger partial charge in [-0.1, -0.05) is 0 Å². The molecule has 2 bridgehead atoms. The van der Waals surface area contributed by atoms with Crippen molar-refractivity contribution >= 4 is 5.71 Å². The molecule has 5 nitrogen and oxygen atoms in total. The third-order valence-corrected chi connectivity index (χ3v) is 5.22. The van der Waals surface area contributed by atoms with Gasteiger partial charge in [-0.3, -0.25) is 4.90 Å². The molecule has 4 aliphatic heterocycles. The summed E-state index contributed by atoms with van der Waals surface area (Å²) >= 11 is 0. The number of rotatable bonds is 5. The minimum Gasteiger partial charge on any atom is -0.494 e. The Morgan fingerprint density at radius 1 is 1.17 bits per heavy atom. The molecule has 4 aliphatic rings. The summed E-state index contributed by atoms with van der Waals surface area (Å²) in [6, 6.07) is 6.76. The van der Waals surface area contributed by atoms with E-state index in [4.69, 9.17) is 14.6 Å². The van der Waals surface area contributed by atoms with Crippen LogP contribution in [0.4, 0.5) is 0 Å². The number of nitrogens with zero attached hydrogens (tertiary/aromatic N) is 2. The summed E-state index contributed by atoms with van der Waals surface area (Å²) in [5.74, 6) is 2.44. The molecule has 1 N–H and O–H groups in total. The van der Waals surface area contributed by atoms with Gasteiger partial charge in [-0.25, -0.2) is 0 Å². The average Bonchev–Trinajstić information content (AvgIpc) is 3.04. The van der Waals surface area contributed by atoms with E-state index < -0.39 is 0 Å². The summed E-state index contributed by atoms with van der Waals surface area (Å²) in [5.41, 5.74) is 5.93. The average molecular weight is 315 g/mol. The van der Waals surface area contributed by atoms with Crippen LogP contribution in [0, 0.1) is 5.92 Å². The highest BCUT2D eigenvalue weighted by Crippen LogP contribution is 2.41. The molecule has 0 aliphatic carbocycles. The fourth-order valence-corrected chi connectivity index (χ4v) is 4.20. The van der Waals surface area contributed by atoms with E-state index in [-0.39, 0.29) is 6.04 Å². The van der Waals surface area contributed by atoms with E-state index in [2.05, 4.69) is 16.4 Å². The lowest BCUT2D eigenvalue weighted by atomic mass is 9.78. The van der Waals surface area contributed by atoms with Gasteiger partial charge in [0.1, 0.15) is 11.5 Å². The Bertz CT molecular complexity index is 608. The van der Waals surface area contributed by atoms with Gasteiger partial charge in [-0.2, -0.15) is 5.10 Å². The molecule has 2 unspecified atom stereocenters. The Balaban J connectivity index is 1.65. The van der Waals surface area contributed by atoms with Crippen LogP contribution in [-0.2, 0) is 0 Å². The van der Waals surface area contributed by atoms with Gasteiger partial charge in [-0.15, -0.1) is 0 Å². The molecule has 3 saturated heterocycles. The lowest BCUT2D eigenvalue weighted by Gasteiger charge is -2.45. The van der Waals surface area contributed by atoms with E-state index in [0.29, 0.717) is 25.2 Å². The predicted octanol–water partition coefficient (Wildman–Crippen LogP) is 2.58. The first kappa shape index (κ1) is 14.8. The number of nitrogens with one attached hydrogen (secondary N) is 1. The van der Waals surface area contributed by atoms with Gasteiger partial charge in [0.15, 0.2) is 0 Å². The monoisotopic (exact) mass is 315 g/mol. The highest BCUT2D eigenvalue weighted by Gasteiger charge is 2.47. The van der Waals surface area contributed by atoms with Gasteiger partial charge in [-0.05, 0) is 51.9 Å². The summed E-state index contributed by atoms with van der Waals surface area (Å²) in [4.78, 5) is 2.58. The molecule has 1 aromatic rings. The molecule has 3 fully saturated rings. The third-order valence-electron chi connectivity index (χ3n) is 5.22. The van der Waals surface area contributed by atoms with Crippen LogP contribution >= 0.6 is 0 Å². The summed E-state index contributed by atoms with van der Waals surface area (Å²) < 4.78 is 11.5. The maximum Gasteiger partial charge on any atom is 0.128 e. The normalized spacial score (nSPS) is 31.3. The van der Waals surface area contributed by atoms with Crippen molar-refractivity contribution in [3.05, 3.63) is 23.8 Å². The lowest BCUT2D eigenvalue weighted by molar-refractivity contribution is 0.132. The highest BCUT2D eigenvalue weighted by atomic mass is 16.5. The van der Waals surface area contributed by atoms with Gasteiger partial charge in [0.05, 0.1) is 31.0 Å². The molecular weight excluding hydrogens is 290 g/mol. The highest BCUT2D eigenvalue weighted by molar-refractivity contribution is 5.95. The molecule has 2 atom stereocenters. The maximum atomic E-state index is 5.91. The molecule has 0 amide bonds. The standard InChI is InChI=1S/C18H25N3O2/c1-3-22-13-5-6-14(15(11-13)23-4-2)17-18-16(19-20-17)12-7-9-21(18)10-8-12/h5-6,11-12,17-18,20H,3-4,7-10H2,1-2H3. The number of ether oxygens (including phenoxy) is 2. The summed E-state index contributed by atoms with van der Waals surface area (Å²) in [5, 5.41) is 4.70. The van der Waals surface area contributed by atoms with Crippen molar-refractivity contribution in [1.82, 2.24) is 10.3 Å². The zero-order chi connectivity index (χ0) is 15.8. The van der Waals surface area contributed by atoms with Crippen LogP contribution in [-0.4, -0.2) is 43.0 Å². The molecule has 124 valence electrons. The quantitative estimate of drug-likeness (QED) is 0.907. The molecule has 0 spiro atoms. The second-order valence-corrected chi connectivity index (χ2v) is 6.46. The Labute approximate surface area is 137 Å². The molecule has 0 saturated carbocycles. The molecule has 0 radical (unpaired) electrons. The van der Waals surface area contributed by atoms with E-state index in [1.807, 2.05) is 26.0 Å². The first-order valence-corrected chi connectivity index (χ1v) is 8.78. The molecule has 23 heavy (non-hydrogen) atoms. The second kappa shape index (κ2) is 6.04. The lowest BCUT2D eigenvalue weighted by Crippen LogP contribution is -2.56. The second-order valence-electron chi connectivity index (χ2n) is 6.46. The van der Waals surface area contributed by atoms with Crippen LogP contribution in [0.2, 0.25) is 0 Å². The van der Waals surface area contributed by atoms with Crippen LogP contribution < -0.4 is 14.9 Å². The topological polar surface area (TPSA) is 46.1 Å². The number of piperidine rings is 3. The Kier molecular flexibility index (Phi) is 3.89. The fourth-order valence-electron chi connectivity index (χ4n) is 4.20. The number of fused-ring (bicyclic) bond motifs is 2. The van der Waals surface area contributed by atoms with E-state index in [0.717, 1.165) is 11.5 Å². The molecule has 0 aromatic heterocycles. The van der Waals surface area contributed by atoms with Crippen molar-refractivity contribution in [3.8, 4) is 11.5 Å². The zero-order valence-electron chi connectivity index (χ0n) is 13.9. The van der Waals surface area contributed by atoms with Crippen molar-refractivity contribution < 1.29 is 9.47 Å². The molecule has 1 aromatic carbocycles. The van der Waals surface area contributed by atoms with Gasteiger partial charge in [0.25, 0.3) is 0 Å². The smallest absolute Gasteiger partial charge is 0.128 e. The van der Waals surface area contributed by atoms with Crippen LogP contribution in [0.1, 0.15) is 38.3 Å². The van der Waals surface area contributed by atoms with Crippen molar-refractivity contribution in [2.24, 2.45) is 11.0 Å². The molecular formula is C18H25N3O2. The van der Waals surface area contributed by atoms with Crippen molar-refractivity contribution in [1.29, 1.82) is 0 Å². The molecule has 4 heterocycles. The van der Waals surface area contributed by atoms with E-state index in [9.17, 15) is 0 Å². The minimum absolute atomic E-state index is 0.185. The predicted molar refractivity (Wildman–Crippen MR) is 90.2 cm³/mol. The Morgan fingerprint density at radius 3 is 2.70 bits per heavy atom. The summed E-state index contributed by atoms with van der Waals surface area (Å²) in [6.07, 6.45) is 2.51. The van der Waals surface area contributed by atoms with Gasteiger partial charge < -0.3 is 14.9 Å². The number of hydrazone groups is 1. The van der Waals surface area contributed by atoms with Gasteiger partial charge in [0.2, 0.25) is 0 Å². The van der Waals surface area contributed by atoms with E-state index in [1.54, 1.807) is 0 Å². The van der Waals surface area contributed by atoms with Crippen LogP contribution in [0.5, 0.6) is 11.5 Å². The minimum atomic E-state index is 0.185.